The van der Waals surface area contributed by atoms with Crippen molar-refractivity contribution in [2.75, 3.05) is 0 Å². The van der Waals surface area contributed by atoms with Gasteiger partial charge in [-0.25, -0.2) is 0 Å². The number of ether oxygens (including phenoxy) is 1. The molecule has 4 rings (SSSR count). The lowest BCUT2D eigenvalue weighted by Gasteiger charge is -2.07. The van der Waals surface area contributed by atoms with Crippen molar-refractivity contribution in [1.29, 1.82) is 0 Å². The first kappa shape index (κ1) is 17.4. The summed E-state index contributed by atoms with van der Waals surface area (Å²) in [6, 6.07) is 28.5. The summed E-state index contributed by atoms with van der Waals surface area (Å²) in [6.07, 6.45) is 4.26. The minimum Gasteiger partial charge on any atom is -0.489 e. The fourth-order valence-electron chi connectivity index (χ4n) is 3.00. The number of rotatable bonds is 6. The highest BCUT2D eigenvalue weighted by Crippen LogP contribution is 2.24. The minimum absolute atomic E-state index is 0.581. The molecule has 27 heavy (non-hydrogen) atoms. The Labute approximate surface area is 164 Å². The van der Waals surface area contributed by atoms with Gasteiger partial charge < -0.3 is 9.30 Å². The van der Waals surface area contributed by atoms with Crippen molar-refractivity contribution < 1.29 is 4.74 Å². The van der Waals surface area contributed by atoms with E-state index in [1.165, 1.54) is 22.3 Å². The molecule has 1 aromatic heterocycles. The molecule has 0 bridgehead atoms. The van der Waals surface area contributed by atoms with Gasteiger partial charge in [-0.15, -0.1) is 0 Å². The molecule has 0 aliphatic carbocycles. The van der Waals surface area contributed by atoms with E-state index in [-0.39, 0.29) is 0 Å². The number of hydrogen-bond donors (Lipinski definition) is 0. The molecule has 3 aromatic carbocycles. The van der Waals surface area contributed by atoms with Crippen molar-refractivity contribution >= 4 is 11.6 Å². The van der Waals surface area contributed by atoms with Gasteiger partial charge in [-0.2, -0.15) is 0 Å². The van der Waals surface area contributed by atoms with Crippen LogP contribution in [-0.4, -0.2) is 4.57 Å². The van der Waals surface area contributed by atoms with E-state index in [9.17, 15) is 0 Å². The Balaban J connectivity index is 1.40. The van der Waals surface area contributed by atoms with Gasteiger partial charge in [0.1, 0.15) is 12.4 Å². The monoisotopic (exact) mass is 373 g/mol. The van der Waals surface area contributed by atoms with E-state index >= 15 is 0 Å². The molecule has 0 aliphatic rings. The normalized spacial score (nSPS) is 10.7. The van der Waals surface area contributed by atoms with Crippen molar-refractivity contribution in [3.63, 3.8) is 0 Å². The fraction of sp³-hybridized carbons (Fsp3) is 0.0833. The molecule has 0 radical (unpaired) electrons. The first-order valence-electron chi connectivity index (χ1n) is 8.94. The standard InChI is InChI=1S/C24H20ClNO/c25-23-10-6-19(7-11-23)16-26-15-14-22(17-26)21-8-12-24(13-9-21)27-18-20-4-2-1-3-5-20/h1-15,17H,16,18H2. The summed E-state index contributed by atoms with van der Waals surface area (Å²) >= 11 is 5.95. The zero-order chi connectivity index (χ0) is 18.5. The van der Waals surface area contributed by atoms with Crippen molar-refractivity contribution in [3.8, 4) is 16.9 Å². The van der Waals surface area contributed by atoms with Crippen molar-refractivity contribution in [1.82, 2.24) is 4.57 Å². The minimum atomic E-state index is 0.581. The van der Waals surface area contributed by atoms with Gasteiger partial charge in [0.05, 0.1) is 0 Å². The second-order valence-electron chi connectivity index (χ2n) is 6.50. The van der Waals surface area contributed by atoms with Crippen molar-refractivity contribution in [3.05, 3.63) is 113 Å². The zero-order valence-corrected chi connectivity index (χ0v) is 15.6. The molecule has 0 atom stereocenters. The lowest BCUT2D eigenvalue weighted by Crippen LogP contribution is -1.95. The molecule has 0 N–H and O–H groups in total. The summed E-state index contributed by atoms with van der Waals surface area (Å²) in [4.78, 5) is 0. The van der Waals surface area contributed by atoms with E-state index in [1.807, 2.05) is 42.5 Å². The van der Waals surface area contributed by atoms with Crippen LogP contribution in [0.4, 0.5) is 0 Å². The number of aromatic nitrogens is 1. The molecule has 3 heteroatoms. The fourth-order valence-corrected chi connectivity index (χ4v) is 3.12. The van der Waals surface area contributed by atoms with E-state index in [0.717, 1.165) is 17.3 Å². The molecule has 0 saturated carbocycles. The van der Waals surface area contributed by atoms with Gasteiger partial charge in [0.2, 0.25) is 0 Å². The van der Waals surface area contributed by atoms with Gasteiger partial charge >= 0.3 is 0 Å². The smallest absolute Gasteiger partial charge is 0.119 e. The van der Waals surface area contributed by atoms with Gasteiger partial charge in [0.25, 0.3) is 0 Å². The summed E-state index contributed by atoms with van der Waals surface area (Å²) in [5, 5.41) is 0.765. The van der Waals surface area contributed by atoms with Crippen LogP contribution in [0.15, 0.2) is 97.3 Å². The third-order valence-electron chi connectivity index (χ3n) is 4.46. The summed E-state index contributed by atoms with van der Waals surface area (Å²) in [6.45, 7) is 1.41. The summed E-state index contributed by atoms with van der Waals surface area (Å²) in [5.41, 5.74) is 4.77. The van der Waals surface area contributed by atoms with Gasteiger partial charge in [0.15, 0.2) is 0 Å². The van der Waals surface area contributed by atoms with Crippen LogP contribution in [0.2, 0.25) is 5.02 Å². The maximum Gasteiger partial charge on any atom is 0.119 e. The molecule has 1 heterocycles. The van der Waals surface area contributed by atoms with Crippen LogP contribution < -0.4 is 4.74 Å². The van der Waals surface area contributed by atoms with Gasteiger partial charge in [-0.3, -0.25) is 0 Å². The second kappa shape index (κ2) is 8.15. The molecule has 134 valence electrons. The first-order chi connectivity index (χ1) is 13.3. The lowest BCUT2D eigenvalue weighted by atomic mass is 10.1. The first-order valence-corrected chi connectivity index (χ1v) is 9.31. The van der Waals surface area contributed by atoms with Crippen LogP contribution in [0.1, 0.15) is 11.1 Å². The topological polar surface area (TPSA) is 14.2 Å². The molecule has 0 amide bonds. The van der Waals surface area contributed by atoms with E-state index in [2.05, 4.69) is 59.4 Å². The molecule has 0 aliphatic heterocycles. The number of halogens is 1. The predicted octanol–water partition coefficient (Wildman–Crippen LogP) is 6.44. The van der Waals surface area contributed by atoms with Crippen LogP contribution in [0.5, 0.6) is 5.75 Å². The van der Waals surface area contributed by atoms with E-state index < -0.39 is 0 Å². The predicted molar refractivity (Wildman–Crippen MR) is 111 cm³/mol. The van der Waals surface area contributed by atoms with Crippen LogP contribution in [0.3, 0.4) is 0 Å². The molecule has 0 spiro atoms. The van der Waals surface area contributed by atoms with E-state index in [0.29, 0.717) is 6.61 Å². The van der Waals surface area contributed by atoms with E-state index in [1.54, 1.807) is 0 Å². The molecule has 0 unspecified atom stereocenters. The summed E-state index contributed by atoms with van der Waals surface area (Å²) in [7, 11) is 0. The molecular formula is C24H20ClNO. The van der Waals surface area contributed by atoms with Crippen LogP contribution in [-0.2, 0) is 13.2 Å². The maximum atomic E-state index is 5.95. The van der Waals surface area contributed by atoms with Gasteiger partial charge in [-0.05, 0) is 52.6 Å². The largest absolute Gasteiger partial charge is 0.489 e. The third-order valence-corrected chi connectivity index (χ3v) is 4.72. The van der Waals surface area contributed by atoms with E-state index in [4.69, 9.17) is 16.3 Å². The Morgan fingerprint density at radius 1 is 0.704 bits per heavy atom. The second-order valence-corrected chi connectivity index (χ2v) is 6.93. The molecule has 4 aromatic rings. The molecule has 0 fully saturated rings. The molecular weight excluding hydrogens is 354 g/mol. The zero-order valence-electron chi connectivity index (χ0n) is 14.9. The molecule has 0 saturated heterocycles. The number of nitrogens with zero attached hydrogens (tertiary/aromatic N) is 1. The highest BCUT2D eigenvalue weighted by molar-refractivity contribution is 6.30. The Morgan fingerprint density at radius 2 is 1.44 bits per heavy atom. The van der Waals surface area contributed by atoms with Gasteiger partial charge in [0, 0.05) is 24.0 Å². The van der Waals surface area contributed by atoms with Crippen LogP contribution >= 0.6 is 11.6 Å². The van der Waals surface area contributed by atoms with Gasteiger partial charge in [-0.1, -0.05) is 66.2 Å². The number of hydrogen-bond acceptors (Lipinski definition) is 1. The maximum absolute atomic E-state index is 5.95. The molecule has 2 nitrogen and oxygen atoms in total. The SMILES string of the molecule is Clc1ccc(Cn2ccc(-c3ccc(OCc4ccccc4)cc3)c2)cc1. The highest BCUT2D eigenvalue weighted by Gasteiger charge is 2.03. The Bertz CT molecular complexity index is 989. The quantitative estimate of drug-likeness (QED) is 0.379. The average molecular weight is 374 g/mol. The van der Waals surface area contributed by atoms with Crippen molar-refractivity contribution in [2.24, 2.45) is 0 Å². The Hall–Kier alpha value is -2.97. The average Bonchev–Trinajstić information content (AvgIpc) is 3.18. The summed E-state index contributed by atoms with van der Waals surface area (Å²) in [5.74, 6) is 0.878. The van der Waals surface area contributed by atoms with Crippen LogP contribution in [0, 0.1) is 0 Å². The third kappa shape index (κ3) is 4.60. The number of benzene rings is 3. The Kier molecular flexibility index (Phi) is 5.27. The summed E-state index contributed by atoms with van der Waals surface area (Å²) < 4.78 is 8.04. The van der Waals surface area contributed by atoms with Crippen molar-refractivity contribution in [2.45, 2.75) is 13.2 Å². The highest BCUT2D eigenvalue weighted by atomic mass is 35.5. The lowest BCUT2D eigenvalue weighted by molar-refractivity contribution is 0.306. The Morgan fingerprint density at radius 3 is 2.19 bits per heavy atom. The van der Waals surface area contributed by atoms with Crippen LogP contribution in [0.25, 0.3) is 11.1 Å².